The minimum absolute atomic E-state index is 0.0913. The first kappa shape index (κ1) is 19.3. The highest BCUT2D eigenvalue weighted by Gasteiger charge is 2.40. The quantitative estimate of drug-likeness (QED) is 0.824. The van der Waals surface area contributed by atoms with Crippen LogP contribution in [-0.4, -0.2) is 30.0 Å². The van der Waals surface area contributed by atoms with Gasteiger partial charge in [-0.15, -0.1) is 0 Å². The molecule has 2 aromatic carbocycles. The smallest absolute Gasteiger partial charge is 0.409 e. The van der Waals surface area contributed by atoms with Crippen molar-refractivity contribution < 1.29 is 22.7 Å². The number of hydrogen-bond acceptors (Lipinski definition) is 3. The predicted octanol–water partition coefficient (Wildman–Crippen LogP) is 3.97. The molecule has 3 rings (SSSR count). The van der Waals surface area contributed by atoms with E-state index in [0.717, 1.165) is 11.6 Å². The molecule has 1 saturated heterocycles. The van der Waals surface area contributed by atoms with Gasteiger partial charge in [0.15, 0.2) is 0 Å². The van der Waals surface area contributed by atoms with Crippen LogP contribution in [0.4, 0.5) is 14.9 Å². The van der Waals surface area contributed by atoms with E-state index in [2.05, 4.69) is 5.32 Å². The molecule has 1 fully saturated rings. The van der Waals surface area contributed by atoms with Crippen molar-refractivity contribution in [2.75, 3.05) is 5.32 Å². The number of anilines is 1. The first-order chi connectivity index (χ1) is 12.8. The average molecular weight is 392 g/mol. The molecule has 0 radical (unpaired) electrons. The number of benzene rings is 2. The van der Waals surface area contributed by atoms with Crippen LogP contribution in [0.3, 0.4) is 0 Å². The van der Waals surface area contributed by atoms with Crippen molar-refractivity contribution in [1.29, 1.82) is 0 Å². The molecule has 1 amide bonds. The van der Waals surface area contributed by atoms with Crippen molar-refractivity contribution in [3.8, 4) is 0 Å². The van der Waals surface area contributed by atoms with Gasteiger partial charge in [-0.2, -0.15) is 4.31 Å². The van der Waals surface area contributed by atoms with Gasteiger partial charge in [-0.05, 0) is 37.5 Å². The van der Waals surface area contributed by atoms with E-state index in [-0.39, 0.29) is 23.8 Å². The van der Waals surface area contributed by atoms with Crippen LogP contribution in [0.2, 0.25) is 0 Å². The summed E-state index contributed by atoms with van der Waals surface area (Å²) in [5, 5.41) is 10.1. The van der Waals surface area contributed by atoms with Gasteiger partial charge in [0.25, 0.3) is 0 Å². The summed E-state index contributed by atoms with van der Waals surface area (Å²) in [7, 11) is -3.65. The monoisotopic (exact) mass is 392 g/mol. The number of halogens is 1. The molecule has 2 aromatic rings. The summed E-state index contributed by atoms with van der Waals surface area (Å²) < 4.78 is 42.1. The second kappa shape index (κ2) is 7.66. The molecule has 0 aromatic heterocycles. The van der Waals surface area contributed by atoms with E-state index >= 15 is 0 Å². The molecule has 2 N–H and O–H groups in total. The maximum Gasteiger partial charge on any atom is 0.409 e. The van der Waals surface area contributed by atoms with E-state index in [0.29, 0.717) is 12.8 Å². The summed E-state index contributed by atoms with van der Waals surface area (Å²) in [6.45, 7) is 1.73. The molecule has 6 nitrogen and oxygen atoms in total. The van der Waals surface area contributed by atoms with Gasteiger partial charge in [-0.1, -0.05) is 36.4 Å². The van der Waals surface area contributed by atoms with Crippen molar-refractivity contribution in [1.82, 2.24) is 4.31 Å². The van der Waals surface area contributed by atoms with Crippen LogP contribution in [0.15, 0.2) is 48.5 Å². The molecule has 0 saturated carbocycles. The molecule has 1 unspecified atom stereocenters. The minimum Gasteiger partial charge on any atom is -0.465 e. The van der Waals surface area contributed by atoms with Gasteiger partial charge in [0, 0.05) is 23.8 Å². The Bertz CT molecular complexity index is 934. The first-order valence-corrected chi connectivity index (χ1v) is 10.1. The highest BCUT2D eigenvalue weighted by Crippen LogP contribution is 2.38. The highest BCUT2D eigenvalue weighted by molar-refractivity contribution is 7.89. The van der Waals surface area contributed by atoms with Gasteiger partial charge in [0.2, 0.25) is 10.0 Å². The standard InChI is InChI=1S/C19H21FN2O4S/c1-13-7-10-18(14-5-3-2-4-6-14)27(25,26)22(13)12-15-8-9-16(11-17(15)20)21-19(23)24/h2-6,8-9,11,13,18,21H,7,10,12H2,1H3,(H,23,24)/t13-,18?/m0/s1. The molecule has 144 valence electrons. The summed E-state index contributed by atoms with van der Waals surface area (Å²) in [5.74, 6) is -0.648. The van der Waals surface area contributed by atoms with E-state index in [9.17, 15) is 17.6 Å². The normalized spacial score (nSPS) is 22.3. The minimum atomic E-state index is -3.65. The van der Waals surface area contributed by atoms with E-state index < -0.39 is 27.2 Å². The average Bonchev–Trinajstić information content (AvgIpc) is 2.60. The highest BCUT2D eigenvalue weighted by atomic mass is 32.2. The summed E-state index contributed by atoms with van der Waals surface area (Å²) in [5.41, 5.74) is 1.03. The number of sulfonamides is 1. The number of rotatable bonds is 4. The zero-order valence-electron chi connectivity index (χ0n) is 14.8. The zero-order chi connectivity index (χ0) is 19.6. The maximum absolute atomic E-state index is 14.4. The lowest BCUT2D eigenvalue weighted by atomic mass is 10.0. The molecule has 27 heavy (non-hydrogen) atoms. The molecule has 0 spiro atoms. The van der Waals surface area contributed by atoms with Crippen LogP contribution < -0.4 is 5.32 Å². The van der Waals surface area contributed by atoms with E-state index in [1.807, 2.05) is 13.0 Å². The predicted molar refractivity (Wildman–Crippen MR) is 100 cm³/mol. The van der Waals surface area contributed by atoms with Gasteiger partial charge >= 0.3 is 6.09 Å². The van der Waals surface area contributed by atoms with E-state index in [1.165, 1.54) is 16.4 Å². The SMILES string of the molecule is C[C@H]1CCC(c2ccccc2)S(=O)(=O)N1Cc1ccc(NC(=O)O)cc1F. The summed E-state index contributed by atoms with van der Waals surface area (Å²) in [6, 6.07) is 12.7. The molecule has 0 aliphatic carbocycles. The molecular formula is C19H21FN2O4S. The van der Waals surface area contributed by atoms with Crippen molar-refractivity contribution in [3.63, 3.8) is 0 Å². The Morgan fingerprint density at radius 3 is 2.56 bits per heavy atom. The summed E-state index contributed by atoms with van der Waals surface area (Å²) >= 11 is 0. The third kappa shape index (κ3) is 4.12. The molecule has 1 heterocycles. The fraction of sp³-hybridized carbons (Fsp3) is 0.316. The van der Waals surface area contributed by atoms with E-state index in [4.69, 9.17) is 5.11 Å². The van der Waals surface area contributed by atoms with Crippen LogP contribution in [0.1, 0.15) is 36.1 Å². The van der Waals surface area contributed by atoms with Gasteiger partial charge in [-0.3, -0.25) is 5.32 Å². The Morgan fingerprint density at radius 1 is 1.22 bits per heavy atom. The Balaban J connectivity index is 1.87. The summed E-state index contributed by atoms with van der Waals surface area (Å²) in [4.78, 5) is 10.7. The van der Waals surface area contributed by atoms with Crippen molar-refractivity contribution >= 4 is 21.8 Å². The molecule has 2 atom stereocenters. The largest absolute Gasteiger partial charge is 0.465 e. The topological polar surface area (TPSA) is 86.7 Å². The van der Waals surface area contributed by atoms with E-state index in [1.54, 1.807) is 24.3 Å². The number of carboxylic acid groups (broad SMARTS) is 1. The van der Waals surface area contributed by atoms with Gasteiger partial charge in [-0.25, -0.2) is 17.6 Å². The molecule has 1 aliphatic rings. The van der Waals surface area contributed by atoms with Gasteiger partial charge in [0.1, 0.15) is 11.1 Å². The maximum atomic E-state index is 14.4. The van der Waals surface area contributed by atoms with Crippen molar-refractivity contribution in [2.24, 2.45) is 0 Å². The number of hydrogen-bond donors (Lipinski definition) is 2. The zero-order valence-corrected chi connectivity index (χ0v) is 15.6. The fourth-order valence-corrected chi connectivity index (χ4v) is 5.58. The number of nitrogens with one attached hydrogen (secondary N) is 1. The molecular weight excluding hydrogens is 371 g/mol. The lowest BCUT2D eigenvalue weighted by Gasteiger charge is -2.37. The summed E-state index contributed by atoms with van der Waals surface area (Å²) in [6.07, 6.45) is -0.0902. The molecule has 8 heteroatoms. The fourth-order valence-electron chi connectivity index (χ4n) is 3.40. The second-order valence-corrected chi connectivity index (χ2v) is 8.72. The molecule has 0 bridgehead atoms. The number of amides is 1. The Kier molecular flexibility index (Phi) is 5.48. The van der Waals surface area contributed by atoms with Crippen molar-refractivity contribution in [2.45, 2.75) is 37.6 Å². The number of nitrogens with zero attached hydrogens (tertiary/aromatic N) is 1. The number of carbonyl (C=O) groups is 1. The lowest BCUT2D eigenvalue weighted by molar-refractivity contribution is 0.209. The van der Waals surface area contributed by atoms with Crippen LogP contribution in [0.25, 0.3) is 0 Å². The van der Waals surface area contributed by atoms with Crippen LogP contribution in [0.5, 0.6) is 0 Å². The Labute approximate surface area is 157 Å². The van der Waals surface area contributed by atoms with Gasteiger partial charge in [0.05, 0.1) is 0 Å². The lowest BCUT2D eigenvalue weighted by Crippen LogP contribution is -2.44. The van der Waals surface area contributed by atoms with Crippen LogP contribution >= 0.6 is 0 Å². The molecule has 1 aliphatic heterocycles. The van der Waals surface area contributed by atoms with Gasteiger partial charge < -0.3 is 5.11 Å². The first-order valence-electron chi connectivity index (χ1n) is 8.63. The third-order valence-electron chi connectivity index (χ3n) is 4.83. The second-order valence-electron chi connectivity index (χ2n) is 6.65. The Morgan fingerprint density at radius 2 is 1.93 bits per heavy atom. The third-order valence-corrected chi connectivity index (χ3v) is 7.20. The van der Waals surface area contributed by atoms with Crippen LogP contribution in [0, 0.1) is 5.82 Å². The van der Waals surface area contributed by atoms with Crippen molar-refractivity contribution in [3.05, 3.63) is 65.5 Å². The van der Waals surface area contributed by atoms with Crippen LogP contribution in [-0.2, 0) is 16.6 Å². The Hall–Kier alpha value is -2.45.